The van der Waals surface area contributed by atoms with E-state index in [1.165, 1.54) is 18.2 Å². The van der Waals surface area contributed by atoms with Gasteiger partial charge in [0.05, 0.1) is 6.61 Å². The van der Waals surface area contributed by atoms with Crippen LogP contribution in [0.2, 0.25) is 0 Å². The number of halogens is 3. The lowest BCUT2D eigenvalue weighted by Gasteiger charge is -2.20. The summed E-state index contributed by atoms with van der Waals surface area (Å²) in [5.41, 5.74) is 2.35. The Morgan fingerprint density at radius 2 is 1.67 bits per heavy atom. The SMILES string of the molecule is CCCC1CC=C(C(=O)Oc2ccc(-c3ccc(-c4ccc(C5CO5)c(F)c4F)cc3)c(F)c2)CC1. The van der Waals surface area contributed by atoms with E-state index < -0.39 is 23.4 Å². The van der Waals surface area contributed by atoms with Crippen LogP contribution in [0.3, 0.4) is 0 Å². The van der Waals surface area contributed by atoms with E-state index in [2.05, 4.69) is 6.92 Å². The Kier molecular flexibility index (Phi) is 6.97. The maximum absolute atomic E-state index is 14.9. The predicted octanol–water partition coefficient (Wildman–Crippen LogP) is 7.94. The van der Waals surface area contributed by atoms with Crippen molar-refractivity contribution in [3.8, 4) is 28.0 Å². The Morgan fingerprint density at radius 1 is 0.972 bits per heavy atom. The van der Waals surface area contributed by atoms with Crippen molar-refractivity contribution < 1.29 is 27.4 Å². The lowest BCUT2D eigenvalue weighted by atomic mass is 9.87. The molecular formula is C30H27F3O3. The molecule has 0 radical (unpaired) electrons. The fourth-order valence-corrected chi connectivity index (χ4v) is 4.80. The van der Waals surface area contributed by atoms with Crippen molar-refractivity contribution in [2.24, 2.45) is 5.92 Å². The number of benzene rings is 3. The van der Waals surface area contributed by atoms with Gasteiger partial charge in [0.15, 0.2) is 11.6 Å². The smallest absolute Gasteiger partial charge is 0.339 e. The Hall–Kier alpha value is -3.38. The third kappa shape index (κ3) is 5.09. The Morgan fingerprint density at radius 3 is 2.28 bits per heavy atom. The van der Waals surface area contributed by atoms with Gasteiger partial charge in [-0.3, -0.25) is 0 Å². The number of ether oxygens (including phenoxy) is 2. The molecule has 5 rings (SSSR count). The molecule has 2 unspecified atom stereocenters. The quantitative estimate of drug-likeness (QED) is 0.191. The van der Waals surface area contributed by atoms with Gasteiger partial charge >= 0.3 is 5.97 Å². The van der Waals surface area contributed by atoms with Crippen molar-refractivity contribution in [1.29, 1.82) is 0 Å². The largest absolute Gasteiger partial charge is 0.423 e. The molecule has 3 nitrogen and oxygen atoms in total. The monoisotopic (exact) mass is 492 g/mol. The number of carbonyl (C=O) groups excluding carboxylic acids is 1. The molecule has 0 saturated carbocycles. The van der Waals surface area contributed by atoms with E-state index in [1.807, 2.05) is 6.08 Å². The highest BCUT2D eigenvalue weighted by molar-refractivity contribution is 5.90. The minimum Gasteiger partial charge on any atom is -0.423 e. The van der Waals surface area contributed by atoms with Gasteiger partial charge in [-0.15, -0.1) is 0 Å². The Labute approximate surface area is 208 Å². The van der Waals surface area contributed by atoms with E-state index in [-0.39, 0.29) is 23.0 Å². The van der Waals surface area contributed by atoms with Gasteiger partial charge < -0.3 is 9.47 Å². The average molecular weight is 493 g/mol. The molecular weight excluding hydrogens is 465 g/mol. The van der Waals surface area contributed by atoms with Gasteiger partial charge in [0, 0.05) is 28.3 Å². The summed E-state index contributed by atoms with van der Waals surface area (Å²) >= 11 is 0. The molecule has 1 fully saturated rings. The number of allylic oxidation sites excluding steroid dienone is 1. The molecule has 0 bridgehead atoms. The van der Waals surface area contributed by atoms with Crippen molar-refractivity contribution in [1.82, 2.24) is 0 Å². The van der Waals surface area contributed by atoms with Gasteiger partial charge in [-0.25, -0.2) is 18.0 Å². The molecule has 0 amide bonds. The van der Waals surface area contributed by atoms with Gasteiger partial charge in [-0.2, -0.15) is 0 Å². The highest BCUT2D eigenvalue weighted by Crippen LogP contribution is 2.36. The topological polar surface area (TPSA) is 38.8 Å². The number of rotatable bonds is 7. The summed E-state index contributed by atoms with van der Waals surface area (Å²) in [7, 11) is 0. The van der Waals surface area contributed by atoms with Crippen molar-refractivity contribution in [3.05, 3.63) is 89.3 Å². The molecule has 0 N–H and O–H groups in total. The van der Waals surface area contributed by atoms with E-state index in [0.29, 0.717) is 41.2 Å². The zero-order valence-corrected chi connectivity index (χ0v) is 20.0. The van der Waals surface area contributed by atoms with Crippen LogP contribution >= 0.6 is 0 Å². The van der Waals surface area contributed by atoms with Crippen LogP contribution in [0.4, 0.5) is 13.2 Å². The first-order valence-electron chi connectivity index (χ1n) is 12.4. The highest BCUT2D eigenvalue weighted by atomic mass is 19.2. The molecule has 36 heavy (non-hydrogen) atoms. The van der Waals surface area contributed by atoms with Crippen molar-refractivity contribution in [2.45, 2.75) is 45.1 Å². The second kappa shape index (κ2) is 10.3. The summed E-state index contributed by atoms with van der Waals surface area (Å²) in [6.45, 7) is 2.55. The molecule has 0 aromatic heterocycles. The minimum absolute atomic E-state index is 0.129. The highest BCUT2D eigenvalue weighted by Gasteiger charge is 2.30. The summed E-state index contributed by atoms with van der Waals surface area (Å²) in [6, 6.07) is 13.9. The van der Waals surface area contributed by atoms with E-state index >= 15 is 0 Å². The predicted molar refractivity (Wildman–Crippen MR) is 132 cm³/mol. The van der Waals surface area contributed by atoms with Crippen LogP contribution in [0.25, 0.3) is 22.3 Å². The van der Waals surface area contributed by atoms with Crippen molar-refractivity contribution in [3.63, 3.8) is 0 Å². The van der Waals surface area contributed by atoms with Crippen LogP contribution in [0.1, 0.15) is 50.7 Å². The molecule has 2 aliphatic rings. The number of hydrogen-bond acceptors (Lipinski definition) is 3. The first-order valence-corrected chi connectivity index (χ1v) is 12.4. The minimum atomic E-state index is -0.929. The molecule has 0 spiro atoms. The number of epoxide rings is 1. The maximum Gasteiger partial charge on any atom is 0.339 e. The summed E-state index contributed by atoms with van der Waals surface area (Å²) in [5.74, 6) is -2.05. The number of hydrogen-bond donors (Lipinski definition) is 0. The molecule has 1 aliphatic carbocycles. The van der Waals surface area contributed by atoms with E-state index in [0.717, 1.165) is 25.7 Å². The summed E-state index contributed by atoms with van der Waals surface area (Å²) < 4.78 is 54.4. The van der Waals surface area contributed by atoms with E-state index in [9.17, 15) is 18.0 Å². The number of esters is 1. The first kappa shape index (κ1) is 24.3. The molecule has 1 heterocycles. The zero-order chi connectivity index (χ0) is 25.2. The van der Waals surface area contributed by atoms with Gasteiger partial charge in [0.2, 0.25) is 0 Å². The second-order valence-electron chi connectivity index (χ2n) is 9.42. The van der Waals surface area contributed by atoms with Gasteiger partial charge in [-0.05, 0) is 48.4 Å². The molecule has 2 atom stereocenters. The summed E-state index contributed by atoms with van der Waals surface area (Å²) in [4.78, 5) is 12.5. The average Bonchev–Trinajstić information content (AvgIpc) is 3.72. The van der Waals surface area contributed by atoms with Gasteiger partial charge in [-0.1, -0.05) is 62.2 Å². The van der Waals surface area contributed by atoms with Crippen molar-refractivity contribution in [2.75, 3.05) is 6.61 Å². The fraction of sp³-hybridized carbons (Fsp3) is 0.300. The zero-order valence-electron chi connectivity index (χ0n) is 20.0. The van der Waals surface area contributed by atoms with Crippen LogP contribution in [0, 0.1) is 23.4 Å². The molecule has 6 heteroatoms. The van der Waals surface area contributed by atoms with Gasteiger partial charge in [0.1, 0.15) is 17.7 Å². The number of carbonyl (C=O) groups is 1. The van der Waals surface area contributed by atoms with Crippen LogP contribution in [0.5, 0.6) is 5.75 Å². The molecule has 1 saturated heterocycles. The van der Waals surface area contributed by atoms with Crippen LogP contribution < -0.4 is 4.74 Å². The second-order valence-corrected chi connectivity index (χ2v) is 9.42. The fourth-order valence-electron chi connectivity index (χ4n) is 4.80. The van der Waals surface area contributed by atoms with Crippen LogP contribution in [-0.2, 0) is 9.53 Å². The Bertz CT molecular complexity index is 1310. The molecule has 186 valence electrons. The van der Waals surface area contributed by atoms with Crippen LogP contribution in [-0.4, -0.2) is 12.6 Å². The normalized spacial score (nSPS) is 19.1. The standard InChI is InChI=1S/C30H27F3O3/c1-2-3-18-4-6-21(7-5-18)30(34)36-22-12-13-23(26(31)16-22)19-8-10-20(11-9-19)24-14-15-25(27-17-35-27)29(33)28(24)32/h6,8-16,18,27H,2-5,7,17H2,1H3. The molecule has 1 aliphatic heterocycles. The summed E-state index contributed by atoms with van der Waals surface area (Å²) in [6.07, 6.45) is 6.37. The van der Waals surface area contributed by atoms with E-state index in [1.54, 1.807) is 36.4 Å². The maximum atomic E-state index is 14.9. The van der Waals surface area contributed by atoms with E-state index in [4.69, 9.17) is 9.47 Å². The Balaban J connectivity index is 1.28. The first-order chi connectivity index (χ1) is 17.4. The lowest BCUT2D eigenvalue weighted by molar-refractivity contribution is -0.130. The van der Waals surface area contributed by atoms with Gasteiger partial charge in [0.25, 0.3) is 0 Å². The van der Waals surface area contributed by atoms with Crippen molar-refractivity contribution >= 4 is 5.97 Å². The third-order valence-electron chi connectivity index (χ3n) is 6.93. The molecule has 3 aromatic rings. The third-order valence-corrected chi connectivity index (χ3v) is 6.93. The molecule has 3 aromatic carbocycles. The summed E-state index contributed by atoms with van der Waals surface area (Å²) in [5, 5.41) is 0. The van der Waals surface area contributed by atoms with Crippen LogP contribution in [0.15, 0.2) is 66.2 Å². The lowest BCUT2D eigenvalue weighted by Crippen LogP contribution is -2.16.